The minimum atomic E-state index is -0.685. The Morgan fingerprint density at radius 3 is 2.80 bits per heavy atom. The molecule has 0 radical (unpaired) electrons. The quantitative estimate of drug-likeness (QED) is 0.350. The number of β-amino-alcohol motifs (C(OH)–C–C–N with tert-alkyl or cyclic N) is 1. The Hall–Kier alpha value is -3.50. The largest absolute Gasteiger partial charge is 0.486 e. The van der Waals surface area contributed by atoms with Crippen molar-refractivity contribution in [3.63, 3.8) is 0 Å². The highest BCUT2D eigenvalue weighted by atomic mass is 16.5. The third kappa shape index (κ3) is 6.45. The van der Waals surface area contributed by atoms with Crippen LogP contribution in [0.3, 0.4) is 0 Å². The van der Waals surface area contributed by atoms with Crippen LogP contribution in [-0.4, -0.2) is 62.6 Å². The Kier molecular flexibility index (Phi) is 7.97. The first kappa shape index (κ1) is 26.7. The molecule has 1 aromatic carbocycles. The van der Waals surface area contributed by atoms with E-state index in [1.165, 1.54) is 56.0 Å². The van der Waals surface area contributed by atoms with Gasteiger partial charge >= 0.3 is 0 Å². The van der Waals surface area contributed by atoms with Crippen molar-refractivity contribution in [2.75, 3.05) is 25.0 Å². The van der Waals surface area contributed by atoms with Gasteiger partial charge in [-0.25, -0.2) is 15.0 Å². The highest BCUT2D eigenvalue weighted by Crippen LogP contribution is 2.42. The molecule has 0 spiro atoms. The lowest BCUT2D eigenvalue weighted by molar-refractivity contribution is 0.0838. The van der Waals surface area contributed by atoms with Crippen LogP contribution in [0.15, 0.2) is 41.4 Å². The molecular weight excluding hydrogens is 508 g/mol. The van der Waals surface area contributed by atoms with Crippen LogP contribution in [-0.2, 0) is 19.6 Å². The number of hydrogen-bond donors (Lipinski definition) is 3. The van der Waals surface area contributed by atoms with Crippen LogP contribution in [0.5, 0.6) is 5.75 Å². The topological polar surface area (TPSA) is 126 Å². The predicted molar refractivity (Wildman–Crippen MR) is 149 cm³/mol. The smallest absolute Gasteiger partial charge is 0.270 e. The Morgan fingerprint density at radius 2 is 2.00 bits per heavy atom. The van der Waals surface area contributed by atoms with Crippen LogP contribution in [0.2, 0.25) is 0 Å². The maximum absolute atomic E-state index is 12.8. The van der Waals surface area contributed by atoms with Crippen molar-refractivity contribution in [2.24, 2.45) is 11.8 Å². The average molecular weight is 547 g/mol. The Morgan fingerprint density at radius 1 is 1.15 bits per heavy atom. The van der Waals surface area contributed by atoms with E-state index in [1.54, 1.807) is 6.07 Å². The lowest BCUT2D eigenvalue weighted by atomic mass is 9.85. The molecule has 3 aliphatic rings. The molecule has 10 heteroatoms. The number of aliphatic hydroxyl groups is 1. The minimum Gasteiger partial charge on any atom is -0.486 e. The molecule has 2 saturated carbocycles. The fourth-order valence-electron chi connectivity index (χ4n) is 6.51. The highest BCUT2D eigenvalue weighted by Gasteiger charge is 2.34. The Balaban J connectivity index is 0.953. The van der Waals surface area contributed by atoms with E-state index in [9.17, 15) is 9.90 Å². The molecule has 0 saturated heterocycles. The molecule has 3 N–H and O–H groups in total. The molecule has 2 aromatic heterocycles. The van der Waals surface area contributed by atoms with Crippen LogP contribution in [0.1, 0.15) is 65.2 Å². The van der Waals surface area contributed by atoms with Crippen molar-refractivity contribution >= 4 is 11.7 Å². The number of aliphatic hydroxyl groups excluding tert-OH is 1. The number of aryl methyl sites for hydroxylation is 1. The van der Waals surface area contributed by atoms with Crippen molar-refractivity contribution < 1.29 is 19.1 Å². The molecule has 4 atom stereocenters. The first-order valence-corrected chi connectivity index (χ1v) is 14.4. The molecule has 2 fully saturated rings. The van der Waals surface area contributed by atoms with Gasteiger partial charge in [0.1, 0.15) is 30.2 Å². The van der Waals surface area contributed by atoms with Gasteiger partial charge in [-0.2, -0.15) is 0 Å². The third-order valence-electron chi connectivity index (χ3n) is 8.59. The molecule has 3 heterocycles. The first-order valence-electron chi connectivity index (χ1n) is 14.4. The summed E-state index contributed by atoms with van der Waals surface area (Å²) in [6.07, 6.45) is 9.44. The van der Waals surface area contributed by atoms with E-state index < -0.39 is 6.10 Å². The van der Waals surface area contributed by atoms with Gasteiger partial charge in [-0.05, 0) is 67.7 Å². The summed E-state index contributed by atoms with van der Waals surface area (Å²) in [5.74, 6) is 3.57. The zero-order chi connectivity index (χ0) is 27.5. The molecule has 2 bridgehead atoms. The third-order valence-corrected chi connectivity index (χ3v) is 8.59. The van der Waals surface area contributed by atoms with Gasteiger partial charge in [0.15, 0.2) is 12.2 Å². The zero-order valence-corrected chi connectivity index (χ0v) is 23.0. The Labute approximate surface area is 234 Å². The lowest BCUT2D eigenvalue weighted by Gasteiger charge is -2.30. The highest BCUT2D eigenvalue weighted by molar-refractivity contribution is 5.92. The summed E-state index contributed by atoms with van der Waals surface area (Å²) >= 11 is 0. The number of aromatic nitrogens is 3. The number of benzene rings is 1. The molecule has 212 valence electrons. The number of nitrogens with one attached hydrogen (secondary N) is 2. The summed E-state index contributed by atoms with van der Waals surface area (Å²) in [7, 11) is 0. The monoisotopic (exact) mass is 546 g/mol. The van der Waals surface area contributed by atoms with Crippen LogP contribution in [0.25, 0.3) is 0 Å². The van der Waals surface area contributed by atoms with E-state index in [4.69, 9.17) is 9.15 Å². The summed E-state index contributed by atoms with van der Waals surface area (Å²) in [5, 5.41) is 17.0. The van der Waals surface area contributed by atoms with E-state index in [2.05, 4.69) is 42.6 Å². The summed E-state index contributed by atoms with van der Waals surface area (Å²) in [6.45, 7) is 4.45. The molecule has 10 nitrogen and oxygen atoms in total. The number of anilines is 1. The molecule has 3 aromatic rings. The van der Waals surface area contributed by atoms with Gasteiger partial charge in [-0.3, -0.25) is 9.69 Å². The molecule has 1 amide bonds. The van der Waals surface area contributed by atoms with Crippen molar-refractivity contribution in [2.45, 2.75) is 70.7 Å². The van der Waals surface area contributed by atoms with Gasteiger partial charge < -0.3 is 24.9 Å². The average Bonchev–Trinajstić information content (AvgIpc) is 3.53. The fraction of sp³-hybridized carbons (Fsp3) is 0.533. The predicted octanol–water partition coefficient (Wildman–Crippen LogP) is 3.49. The van der Waals surface area contributed by atoms with E-state index in [1.807, 2.05) is 13.0 Å². The van der Waals surface area contributed by atoms with Crippen molar-refractivity contribution in [3.8, 4) is 5.75 Å². The van der Waals surface area contributed by atoms with Crippen molar-refractivity contribution in [1.29, 1.82) is 0 Å². The van der Waals surface area contributed by atoms with Crippen LogP contribution >= 0.6 is 0 Å². The minimum absolute atomic E-state index is 0.161. The maximum atomic E-state index is 12.8. The van der Waals surface area contributed by atoms with Gasteiger partial charge in [0.05, 0.1) is 11.8 Å². The number of carbonyl (C=O) groups excluding carboxylic acids is 1. The van der Waals surface area contributed by atoms with Crippen molar-refractivity contribution in [3.05, 3.63) is 65.3 Å². The molecule has 6 rings (SSSR count). The fourth-order valence-corrected chi connectivity index (χ4v) is 6.51. The number of carbonyl (C=O) groups is 1. The summed E-state index contributed by atoms with van der Waals surface area (Å²) in [6, 6.07) is 8.25. The van der Waals surface area contributed by atoms with Gasteiger partial charge in [-0.1, -0.05) is 18.9 Å². The number of oxazole rings is 1. The SMILES string of the molecule is Cc1ncoc1COc1ccc2c(c1)CCN(C[C@@H](O)CNC(=O)c1cc(NC3C[C@H]4CC[C@@H](C3)C4)ncn1)C2. The normalized spacial score (nSPS) is 22.9. The second kappa shape index (κ2) is 11.9. The zero-order valence-electron chi connectivity index (χ0n) is 23.0. The van der Waals surface area contributed by atoms with E-state index in [0.717, 1.165) is 48.5 Å². The molecule has 2 aliphatic carbocycles. The second-order valence-electron chi connectivity index (χ2n) is 11.6. The molecule has 1 aliphatic heterocycles. The van der Waals surface area contributed by atoms with Gasteiger partial charge in [0, 0.05) is 38.3 Å². The van der Waals surface area contributed by atoms with Gasteiger partial charge in [-0.15, -0.1) is 0 Å². The van der Waals surface area contributed by atoms with E-state index in [-0.39, 0.29) is 12.5 Å². The number of ether oxygens (including phenoxy) is 1. The second-order valence-corrected chi connectivity index (χ2v) is 11.6. The summed E-state index contributed by atoms with van der Waals surface area (Å²) < 4.78 is 11.2. The maximum Gasteiger partial charge on any atom is 0.270 e. The van der Waals surface area contributed by atoms with Gasteiger partial charge in [0.2, 0.25) is 0 Å². The lowest BCUT2D eigenvalue weighted by Crippen LogP contribution is -2.42. The number of rotatable bonds is 10. The molecule has 40 heavy (non-hydrogen) atoms. The van der Waals surface area contributed by atoms with E-state index >= 15 is 0 Å². The van der Waals surface area contributed by atoms with Crippen LogP contribution in [0, 0.1) is 18.8 Å². The Bertz CT molecular complexity index is 1320. The number of amides is 1. The molecule has 1 unspecified atom stereocenters. The molecular formula is C30H38N6O4. The standard InChI is InChI=1S/C30H38N6O4/c1-19-28(40-18-34-19)16-39-26-5-4-23-14-36(7-6-22(23)11-26)15-25(37)13-31-30(38)27-12-29(33-17-32-27)35-24-9-20-2-3-21(8-20)10-24/h4-5,11-12,17-18,20-21,24-25,37H,2-3,6-10,13-16H2,1H3,(H,31,38)(H,32,33,35)/t20-,21+,24?,25-/m0/s1. The van der Waals surface area contributed by atoms with Crippen LogP contribution < -0.4 is 15.4 Å². The van der Waals surface area contributed by atoms with Gasteiger partial charge in [0.25, 0.3) is 5.91 Å². The summed E-state index contributed by atoms with van der Waals surface area (Å²) in [5.41, 5.74) is 3.62. The van der Waals surface area contributed by atoms with Crippen LogP contribution in [0.4, 0.5) is 5.82 Å². The summed E-state index contributed by atoms with van der Waals surface area (Å²) in [4.78, 5) is 27.6. The van der Waals surface area contributed by atoms with E-state index in [0.29, 0.717) is 30.7 Å². The number of fused-ring (bicyclic) bond motifs is 3. The first-order chi connectivity index (χ1) is 19.5. The number of hydrogen-bond acceptors (Lipinski definition) is 9. The van der Waals surface area contributed by atoms with Crippen molar-refractivity contribution in [1.82, 2.24) is 25.2 Å². The number of nitrogens with zero attached hydrogens (tertiary/aromatic N) is 4.